The van der Waals surface area contributed by atoms with Crippen molar-refractivity contribution in [3.63, 3.8) is 0 Å². The first-order valence-electron chi connectivity index (χ1n) is 5.54. The number of H-pyrrole nitrogens is 1. The summed E-state index contributed by atoms with van der Waals surface area (Å²) < 4.78 is 0. The Balaban J connectivity index is 1.93. The zero-order valence-electron chi connectivity index (χ0n) is 9.92. The molecular formula is C12H14N4O2. The van der Waals surface area contributed by atoms with Crippen molar-refractivity contribution in [2.24, 2.45) is 0 Å². The molecule has 18 heavy (non-hydrogen) atoms. The van der Waals surface area contributed by atoms with E-state index in [0.29, 0.717) is 17.0 Å². The molecule has 0 aliphatic heterocycles. The number of rotatable bonds is 4. The number of aryl methyl sites for hydroxylation is 1. The van der Waals surface area contributed by atoms with Crippen LogP contribution in [-0.2, 0) is 0 Å². The molecule has 6 heteroatoms. The van der Waals surface area contributed by atoms with Gasteiger partial charge >= 0.3 is 0 Å². The summed E-state index contributed by atoms with van der Waals surface area (Å²) in [6, 6.07) is 3.49. The van der Waals surface area contributed by atoms with Gasteiger partial charge in [0.05, 0.1) is 12.4 Å². The maximum absolute atomic E-state index is 11.7. The maximum atomic E-state index is 11.7. The molecule has 0 aliphatic carbocycles. The Labute approximate surface area is 104 Å². The first kappa shape index (κ1) is 12.3. The number of carbonyl (C=O) groups is 1. The molecule has 0 radical (unpaired) electrons. The fourth-order valence-electron chi connectivity index (χ4n) is 1.55. The summed E-state index contributed by atoms with van der Waals surface area (Å²) in [4.78, 5) is 22.4. The SMILES string of the molecule is Cc1[nH]cnc1C(=O)NCC(O)c1cccnc1. The van der Waals surface area contributed by atoms with Gasteiger partial charge in [-0.2, -0.15) is 0 Å². The van der Waals surface area contributed by atoms with Gasteiger partial charge in [-0.05, 0) is 13.0 Å². The highest BCUT2D eigenvalue weighted by atomic mass is 16.3. The number of aromatic nitrogens is 3. The van der Waals surface area contributed by atoms with E-state index in [2.05, 4.69) is 20.3 Å². The van der Waals surface area contributed by atoms with Gasteiger partial charge in [-0.15, -0.1) is 0 Å². The van der Waals surface area contributed by atoms with Gasteiger partial charge in [-0.25, -0.2) is 4.98 Å². The Bertz CT molecular complexity index is 524. The number of aliphatic hydroxyl groups is 1. The predicted molar refractivity (Wildman–Crippen MR) is 64.9 cm³/mol. The van der Waals surface area contributed by atoms with Gasteiger partial charge in [0.2, 0.25) is 0 Å². The van der Waals surface area contributed by atoms with Crippen LogP contribution in [0.5, 0.6) is 0 Å². The van der Waals surface area contributed by atoms with Crippen molar-refractivity contribution in [2.45, 2.75) is 13.0 Å². The van der Waals surface area contributed by atoms with Crippen LogP contribution < -0.4 is 5.32 Å². The highest BCUT2D eigenvalue weighted by Gasteiger charge is 2.14. The Hall–Kier alpha value is -2.21. The second-order valence-electron chi connectivity index (χ2n) is 3.89. The van der Waals surface area contributed by atoms with Crippen molar-refractivity contribution in [3.05, 3.63) is 47.8 Å². The van der Waals surface area contributed by atoms with Crippen molar-refractivity contribution in [2.75, 3.05) is 6.54 Å². The van der Waals surface area contributed by atoms with Gasteiger partial charge in [0.15, 0.2) is 0 Å². The topological polar surface area (TPSA) is 90.9 Å². The minimum absolute atomic E-state index is 0.122. The number of pyridine rings is 1. The summed E-state index contributed by atoms with van der Waals surface area (Å²) in [5, 5.41) is 12.5. The summed E-state index contributed by atoms with van der Waals surface area (Å²) in [6.07, 6.45) is 3.88. The summed E-state index contributed by atoms with van der Waals surface area (Å²) in [5.74, 6) is -0.309. The third-order valence-electron chi connectivity index (χ3n) is 2.57. The summed E-state index contributed by atoms with van der Waals surface area (Å²) in [7, 11) is 0. The van der Waals surface area contributed by atoms with E-state index >= 15 is 0 Å². The molecule has 6 nitrogen and oxygen atoms in total. The quantitative estimate of drug-likeness (QED) is 0.735. The second-order valence-corrected chi connectivity index (χ2v) is 3.89. The molecule has 1 atom stereocenters. The van der Waals surface area contributed by atoms with E-state index in [4.69, 9.17) is 0 Å². The van der Waals surface area contributed by atoms with Crippen LogP contribution in [-0.4, -0.2) is 32.5 Å². The van der Waals surface area contributed by atoms with E-state index in [-0.39, 0.29) is 12.5 Å². The Kier molecular flexibility index (Phi) is 3.69. The van der Waals surface area contributed by atoms with Crippen LogP contribution in [0.15, 0.2) is 30.9 Å². The normalized spacial score (nSPS) is 12.1. The molecule has 2 heterocycles. The number of nitrogens with zero attached hydrogens (tertiary/aromatic N) is 2. The zero-order valence-corrected chi connectivity index (χ0v) is 9.92. The molecule has 0 bridgehead atoms. The van der Waals surface area contributed by atoms with Crippen molar-refractivity contribution in [1.29, 1.82) is 0 Å². The molecule has 1 unspecified atom stereocenters. The molecule has 1 amide bonds. The van der Waals surface area contributed by atoms with Gasteiger partial charge in [-0.3, -0.25) is 9.78 Å². The minimum Gasteiger partial charge on any atom is -0.387 e. The van der Waals surface area contributed by atoms with Crippen molar-refractivity contribution < 1.29 is 9.90 Å². The van der Waals surface area contributed by atoms with Crippen LogP contribution in [0.2, 0.25) is 0 Å². The predicted octanol–water partition coefficient (Wildman–Crippen LogP) is 0.577. The fourth-order valence-corrected chi connectivity index (χ4v) is 1.55. The lowest BCUT2D eigenvalue weighted by Gasteiger charge is -2.11. The fraction of sp³-hybridized carbons (Fsp3) is 0.250. The molecule has 0 saturated carbocycles. The number of nitrogens with one attached hydrogen (secondary N) is 2. The highest BCUT2D eigenvalue weighted by Crippen LogP contribution is 2.09. The third-order valence-corrected chi connectivity index (χ3v) is 2.57. The summed E-state index contributed by atoms with van der Waals surface area (Å²) >= 11 is 0. The molecular weight excluding hydrogens is 232 g/mol. The zero-order chi connectivity index (χ0) is 13.0. The molecule has 2 aromatic rings. The third kappa shape index (κ3) is 2.72. The van der Waals surface area contributed by atoms with Crippen molar-refractivity contribution in [1.82, 2.24) is 20.3 Å². The van der Waals surface area contributed by atoms with E-state index < -0.39 is 6.10 Å². The van der Waals surface area contributed by atoms with Gasteiger partial charge in [0, 0.05) is 30.2 Å². The van der Waals surface area contributed by atoms with Crippen molar-refractivity contribution in [3.8, 4) is 0 Å². The molecule has 0 spiro atoms. The van der Waals surface area contributed by atoms with Gasteiger partial charge in [0.25, 0.3) is 5.91 Å². The summed E-state index contributed by atoms with van der Waals surface area (Å²) in [6.45, 7) is 1.89. The number of aromatic amines is 1. The number of hydrogen-bond donors (Lipinski definition) is 3. The first-order chi connectivity index (χ1) is 8.68. The van der Waals surface area contributed by atoms with Gasteiger partial charge in [0.1, 0.15) is 5.69 Å². The lowest BCUT2D eigenvalue weighted by atomic mass is 10.1. The average molecular weight is 246 g/mol. The van der Waals surface area contributed by atoms with E-state index in [1.165, 1.54) is 6.33 Å². The molecule has 3 N–H and O–H groups in total. The van der Waals surface area contributed by atoms with Crippen LogP contribution in [0.1, 0.15) is 27.8 Å². The smallest absolute Gasteiger partial charge is 0.271 e. The molecule has 0 saturated heterocycles. The Morgan fingerprint density at radius 1 is 1.61 bits per heavy atom. The number of imidazole rings is 1. The molecule has 0 fully saturated rings. The standard InChI is InChI=1S/C12H14N4O2/c1-8-11(16-7-15-8)12(18)14-6-10(17)9-3-2-4-13-5-9/h2-5,7,10,17H,6H2,1H3,(H,14,18)(H,15,16). The largest absolute Gasteiger partial charge is 0.387 e. The lowest BCUT2D eigenvalue weighted by molar-refractivity contribution is 0.0911. The summed E-state index contributed by atoms with van der Waals surface area (Å²) in [5.41, 5.74) is 1.70. The minimum atomic E-state index is -0.776. The van der Waals surface area contributed by atoms with E-state index in [1.807, 2.05) is 0 Å². The number of aliphatic hydroxyl groups excluding tert-OH is 1. The molecule has 0 aliphatic rings. The van der Waals surface area contributed by atoms with Crippen molar-refractivity contribution >= 4 is 5.91 Å². The van der Waals surface area contributed by atoms with Crippen LogP contribution >= 0.6 is 0 Å². The Morgan fingerprint density at radius 3 is 3.06 bits per heavy atom. The average Bonchev–Trinajstić information content (AvgIpc) is 2.83. The lowest BCUT2D eigenvalue weighted by Crippen LogP contribution is -2.29. The van der Waals surface area contributed by atoms with E-state index in [1.54, 1.807) is 31.5 Å². The highest BCUT2D eigenvalue weighted by molar-refractivity contribution is 5.93. The number of carbonyl (C=O) groups excluding carboxylic acids is 1. The second kappa shape index (κ2) is 5.42. The van der Waals surface area contributed by atoms with E-state index in [0.717, 1.165) is 0 Å². The van der Waals surface area contributed by atoms with Crippen LogP contribution in [0, 0.1) is 6.92 Å². The maximum Gasteiger partial charge on any atom is 0.271 e. The van der Waals surface area contributed by atoms with Crippen LogP contribution in [0.25, 0.3) is 0 Å². The van der Waals surface area contributed by atoms with Crippen LogP contribution in [0.4, 0.5) is 0 Å². The molecule has 2 rings (SSSR count). The molecule has 0 aromatic carbocycles. The first-order valence-corrected chi connectivity index (χ1v) is 5.54. The number of amides is 1. The van der Waals surface area contributed by atoms with Gasteiger partial charge in [-0.1, -0.05) is 6.07 Å². The number of hydrogen-bond acceptors (Lipinski definition) is 4. The van der Waals surface area contributed by atoms with Crippen LogP contribution in [0.3, 0.4) is 0 Å². The molecule has 94 valence electrons. The van der Waals surface area contributed by atoms with E-state index in [9.17, 15) is 9.90 Å². The Morgan fingerprint density at radius 2 is 2.44 bits per heavy atom. The monoisotopic (exact) mass is 246 g/mol. The molecule has 2 aromatic heterocycles. The van der Waals surface area contributed by atoms with Gasteiger partial charge < -0.3 is 15.4 Å².